The van der Waals surface area contributed by atoms with E-state index in [1.807, 2.05) is 13.8 Å². The van der Waals surface area contributed by atoms with Crippen molar-refractivity contribution < 1.29 is 14.5 Å². The van der Waals surface area contributed by atoms with Crippen LogP contribution in [0, 0.1) is 16.0 Å². The molecular weight excluding hydrogens is 539 g/mol. The van der Waals surface area contributed by atoms with Gasteiger partial charge in [-0.05, 0) is 25.8 Å². The number of nitrogens with one attached hydrogen (secondary N) is 2. The number of hydrogen-bond donors (Lipinski definition) is 2. The summed E-state index contributed by atoms with van der Waals surface area (Å²) in [6.45, 7) is 10.3. The number of guanidine groups is 1. The van der Waals surface area contributed by atoms with Gasteiger partial charge in [-0.2, -0.15) is 0 Å². The number of non-ortho nitro benzene ring substituents is 1. The molecule has 2 aliphatic heterocycles. The summed E-state index contributed by atoms with van der Waals surface area (Å²) in [5.41, 5.74) is 0.998. The normalized spacial score (nSPS) is 19.3. The standard InChI is InChI=1S/C22H34N6O4.HI/c1-17(2)25-21(29)15-26-8-10-27(11-9-26)22(24-14-19-7-12-32-16-19)23-13-18-3-5-20(6-4-18)28(30)31;/h3-6,17,19H,7-16H2,1-2H3,(H,23,24)(H,25,29);1H. The molecule has 0 spiro atoms. The fraction of sp³-hybridized carbons (Fsp3) is 0.636. The van der Waals surface area contributed by atoms with Gasteiger partial charge in [-0.3, -0.25) is 19.8 Å². The van der Waals surface area contributed by atoms with Gasteiger partial charge in [0, 0.05) is 63.4 Å². The summed E-state index contributed by atoms with van der Waals surface area (Å²) in [6.07, 6.45) is 1.04. The Kier molecular flexibility index (Phi) is 11.3. The highest BCUT2D eigenvalue weighted by atomic mass is 127. The summed E-state index contributed by atoms with van der Waals surface area (Å²) in [5, 5.41) is 17.3. The van der Waals surface area contributed by atoms with Crippen LogP contribution in [-0.4, -0.2) is 85.1 Å². The van der Waals surface area contributed by atoms with E-state index in [-0.39, 0.29) is 41.6 Å². The number of nitro benzene ring substituents is 1. The molecule has 11 heteroatoms. The Morgan fingerprint density at radius 2 is 1.94 bits per heavy atom. The van der Waals surface area contributed by atoms with E-state index in [9.17, 15) is 14.9 Å². The molecule has 33 heavy (non-hydrogen) atoms. The van der Waals surface area contributed by atoms with Crippen molar-refractivity contribution in [2.45, 2.75) is 32.9 Å². The first-order chi connectivity index (χ1) is 15.4. The van der Waals surface area contributed by atoms with Gasteiger partial charge in [0.2, 0.25) is 5.91 Å². The van der Waals surface area contributed by atoms with Crippen molar-refractivity contribution in [3.05, 3.63) is 39.9 Å². The minimum Gasteiger partial charge on any atom is -0.381 e. The average molecular weight is 574 g/mol. The monoisotopic (exact) mass is 574 g/mol. The van der Waals surface area contributed by atoms with Gasteiger partial charge in [0.25, 0.3) is 5.69 Å². The molecule has 0 aliphatic carbocycles. The molecule has 0 aromatic heterocycles. The lowest BCUT2D eigenvalue weighted by molar-refractivity contribution is -0.384. The molecule has 0 saturated carbocycles. The molecule has 2 heterocycles. The zero-order chi connectivity index (χ0) is 22.9. The predicted octanol–water partition coefficient (Wildman–Crippen LogP) is 1.84. The van der Waals surface area contributed by atoms with Crippen LogP contribution in [0.25, 0.3) is 0 Å². The molecule has 2 saturated heterocycles. The van der Waals surface area contributed by atoms with Crippen LogP contribution in [0.3, 0.4) is 0 Å². The van der Waals surface area contributed by atoms with E-state index in [1.165, 1.54) is 12.1 Å². The van der Waals surface area contributed by atoms with Crippen LogP contribution in [0.15, 0.2) is 29.3 Å². The number of halogens is 1. The van der Waals surface area contributed by atoms with Gasteiger partial charge in [-0.1, -0.05) is 12.1 Å². The molecule has 184 valence electrons. The highest BCUT2D eigenvalue weighted by Crippen LogP contribution is 2.14. The fourth-order valence-electron chi connectivity index (χ4n) is 3.83. The number of benzene rings is 1. The van der Waals surface area contributed by atoms with Crippen LogP contribution >= 0.6 is 24.0 Å². The van der Waals surface area contributed by atoms with E-state index in [2.05, 4.69) is 20.4 Å². The van der Waals surface area contributed by atoms with Gasteiger partial charge in [-0.15, -0.1) is 24.0 Å². The number of carbonyl (C=O) groups excluding carboxylic acids is 1. The lowest BCUT2D eigenvalue weighted by Crippen LogP contribution is -2.54. The molecule has 1 aromatic rings. The first-order valence-corrected chi connectivity index (χ1v) is 11.3. The van der Waals surface area contributed by atoms with Crippen molar-refractivity contribution in [3.8, 4) is 0 Å². The largest absolute Gasteiger partial charge is 0.381 e. The molecule has 1 amide bonds. The van der Waals surface area contributed by atoms with Crippen LogP contribution in [0.2, 0.25) is 0 Å². The molecule has 2 fully saturated rings. The molecule has 0 radical (unpaired) electrons. The molecule has 2 aliphatic rings. The first-order valence-electron chi connectivity index (χ1n) is 11.3. The van der Waals surface area contributed by atoms with Crippen molar-refractivity contribution in [3.63, 3.8) is 0 Å². The number of ether oxygens (including phenoxy) is 1. The Bertz CT molecular complexity index is 791. The minimum atomic E-state index is -0.398. The quantitative estimate of drug-likeness (QED) is 0.160. The zero-order valence-electron chi connectivity index (χ0n) is 19.4. The second kappa shape index (κ2) is 13.7. The lowest BCUT2D eigenvalue weighted by atomic mass is 10.1. The van der Waals surface area contributed by atoms with Gasteiger partial charge >= 0.3 is 0 Å². The maximum Gasteiger partial charge on any atom is 0.269 e. The van der Waals surface area contributed by atoms with Crippen molar-refractivity contribution in [1.82, 2.24) is 20.4 Å². The molecule has 2 N–H and O–H groups in total. The van der Waals surface area contributed by atoms with Crippen molar-refractivity contribution in [1.29, 1.82) is 0 Å². The molecular formula is C22H35IN6O4. The van der Waals surface area contributed by atoms with E-state index in [0.717, 1.165) is 63.9 Å². The van der Waals surface area contributed by atoms with Crippen LogP contribution in [0.4, 0.5) is 5.69 Å². The van der Waals surface area contributed by atoms with Gasteiger partial charge < -0.3 is 20.3 Å². The molecule has 3 rings (SSSR count). The van der Waals surface area contributed by atoms with Gasteiger partial charge in [-0.25, -0.2) is 4.99 Å². The number of rotatable bonds is 8. The highest BCUT2D eigenvalue weighted by Gasteiger charge is 2.23. The van der Waals surface area contributed by atoms with Crippen molar-refractivity contribution in [2.24, 2.45) is 10.9 Å². The first kappa shape index (κ1) is 27.3. The van der Waals surface area contributed by atoms with Crippen LogP contribution in [0.1, 0.15) is 25.8 Å². The van der Waals surface area contributed by atoms with Crippen LogP contribution in [0.5, 0.6) is 0 Å². The summed E-state index contributed by atoms with van der Waals surface area (Å²) < 4.78 is 5.48. The maximum atomic E-state index is 12.1. The Morgan fingerprint density at radius 1 is 1.24 bits per heavy atom. The second-order valence-corrected chi connectivity index (χ2v) is 8.66. The molecule has 10 nitrogen and oxygen atoms in total. The average Bonchev–Trinajstić information content (AvgIpc) is 3.28. The smallest absolute Gasteiger partial charge is 0.269 e. The van der Waals surface area contributed by atoms with Crippen molar-refractivity contribution >= 4 is 41.5 Å². The minimum absolute atomic E-state index is 0. The Balaban J connectivity index is 0.00000385. The van der Waals surface area contributed by atoms with E-state index in [0.29, 0.717) is 19.0 Å². The van der Waals surface area contributed by atoms with E-state index in [1.54, 1.807) is 12.1 Å². The Morgan fingerprint density at radius 3 is 2.52 bits per heavy atom. The SMILES string of the molecule is CC(C)NC(=O)CN1CCN(C(=NCc2ccc([N+](=O)[O-])cc2)NCC2CCOC2)CC1.I. The number of hydrogen-bond acceptors (Lipinski definition) is 6. The maximum absolute atomic E-state index is 12.1. The van der Waals surface area contributed by atoms with Crippen LogP contribution < -0.4 is 10.6 Å². The molecule has 1 unspecified atom stereocenters. The van der Waals surface area contributed by atoms with E-state index < -0.39 is 4.92 Å². The van der Waals surface area contributed by atoms with Gasteiger partial charge in [0.05, 0.1) is 24.6 Å². The van der Waals surface area contributed by atoms with E-state index >= 15 is 0 Å². The fourth-order valence-corrected chi connectivity index (χ4v) is 3.83. The Hall–Kier alpha value is -1.99. The lowest BCUT2D eigenvalue weighted by Gasteiger charge is -2.36. The predicted molar refractivity (Wildman–Crippen MR) is 138 cm³/mol. The highest BCUT2D eigenvalue weighted by molar-refractivity contribution is 14.0. The third kappa shape index (κ3) is 9.05. The second-order valence-electron chi connectivity index (χ2n) is 8.66. The number of nitrogens with zero attached hydrogens (tertiary/aromatic N) is 4. The summed E-state index contributed by atoms with van der Waals surface area (Å²) in [5.74, 6) is 1.36. The third-order valence-corrected chi connectivity index (χ3v) is 5.62. The summed E-state index contributed by atoms with van der Waals surface area (Å²) in [6, 6.07) is 6.65. The number of amides is 1. The Labute approximate surface area is 212 Å². The number of aliphatic imine (C=N–C) groups is 1. The number of nitro groups is 1. The summed E-state index contributed by atoms with van der Waals surface area (Å²) in [4.78, 5) is 31.7. The van der Waals surface area contributed by atoms with Crippen molar-refractivity contribution in [2.75, 3.05) is 52.5 Å². The van der Waals surface area contributed by atoms with Gasteiger partial charge in [0.1, 0.15) is 0 Å². The van der Waals surface area contributed by atoms with Crippen LogP contribution in [-0.2, 0) is 16.1 Å². The van der Waals surface area contributed by atoms with Gasteiger partial charge in [0.15, 0.2) is 5.96 Å². The summed E-state index contributed by atoms with van der Waals surface area (Å²) >= 11 is 0. The zero-order valence-corrected chi connectivity index (χ0v) is 21.7. The van der Waals surface area contributed by atoms with E-state index in [4.69, 9.17) is 9.73 Å². The topological polar surface area (TPSA) is 112 Å². The number of piperazine rings is 1. The molecule has 0 bridgehead atoms. The molecule has 1 aromatic carbocycles. The number of carbonyl (C=O) groups is 1. The summed E-state index contributed by atoms with van der Waals surface area (Å²) in [7, 11) is 0. The third-order valence-electron chi connectivity index (χ3n) is 5.62. The molecule has 1 atom stereocenters.